The molecule has 1 N–H and O–H groups in total. The Morgan fingerprint density at radius 2 is 2.11 bits per heavy atom. The SMILES string of the molecule is COc1cccc(CCC(=O)NCCS(C)(=O)=O)c1. The van der Waals surface area contributed by atoms with Crippen molar-refractivity contribution in [2.75, 3.05) is 25.7 Å². The van der Waals surface area contributed by atoms with Gasteiger partial charge in [-0.25, -0.2) is 8.42 Å². The second-order valence-corrected chi connectivity index (χ2v) is 6.59. The molecule has 0 saturated heterocycles. The van der Waals surface area contributed by atoms with Crippen LogP contribution in [0, 0.1) is 0 Å². The van der Waals surface area contributed by atoms with Gasteiger partial charge in [-0.1, -0.05) is 12.1 Å². The van der Waals surface area contributed by atoms with Crippen LogP contribution in [0.3, 0.4) is 0 Å². The minimum atomic E-state index is -3.03. The van der Waals surface area contributed by atoms with Crippen molar-refractivity contribution in [2.45, 2.75) is 12.8 Å². The van der Waals surface area contributed by atoms with Gasteiger partial charge in [0.05, 0.1) is 12.9 Å². The molecule has 0 aliphatic carbocycles. The van der Waals surface area contributed by atoms with E-state index in [2.05, 4.69) is 5.32 Å². The molecular weight excluding hydrogens is 266 g/mol. The maximum absolute atomic E-state index is 11.5. The second-order valence-electron chi connectivity index (χ2n) is 4.33. The maximum Gasteiger partial charge on any atom is 0.220 e. The van der Waals surface area contributed by atoms with Crippen molar-refractivity contribution in [3.63, 3.8) is 0 Å². The molecule has 0 aliphatic heterocycles. The van der Waals surface area contributed by atoms with Crippen molar-refractivity contribution in [3.8, 4) is 5.75 Å². The van der Waals surface area contributed by atoms with Gasteiger partial charge >= 0.3 is 0 Å². The molecule has 0 spiro atoms. The van der Waals surface area contributed by atoms with E-state index in [0.717, 1.165) is 17.6 Å². The Balaban J connectivity index is 2.33. The Morgan fingerprint density at radius 3 is 2.74 bits per heavy atom. The van der Waals surface area contributed by atoms with Crippen molar-refractivity contribution in [3.05, 3.63) is 29.8 Å². The van der Waals surface area contributed by atoms with E-state index >= 15 is 0 Å². The molecule has 1 amide bonds. The number of rotatable bonds is 7. The molecule has 6 heteroatoms. The highest BCUT2D eigenvalue weighted by Gasteiger charge is 2.05. The third-order valence-corrected chi connectivity index (χ3v) is 3.52. The van der Waals surface area contributed by atoms with Crippen LogP contribution >= 0.6 is 0 Å². The predicted molar refractivity (Wildman–Crippen MR) is 74.0 cm³/mol. The molecule has 1 rings (SSSR count). The first-order valence-electron chi connectivity index (χ1n) is 5.98. The average Bonchev–Trinajstić information content (AvgIpc) is 2.35. The third kappa shape index (κ3) is 6.81. The van der Waals surface area contributed by atoms with Gasteiger partial charge < -0.3 is 10.1 Å². The lowest BCUT2D eigenvalue weighted by atomic mass is 10.1. The number of methoxy groups -OCH3 is 1. The zero-order valence-electron chi connectivity index (χ0n) is 11.2. The molecule has 19 heavy (non-hydrogen) atoms. The number of hydrogen-bond donors (Lipinski definition) is 1. The van der Waals surface area contributed by atoms with Crippen LogP contribution in [0.15, 0.2) is 24.3 Å². The highest BCUT2D eigenvalue weighted by Crippen LogP contribution is 2.13. The Bertz CT molecular complexity index is 525. The molecule has 0 aliphatic rings. The van der Waals surface area contributed by atoms with Gasteiger partial charge in [0, 0.05) is 19.2 Å². The van der Waals surface area contributed by atoms with Gasteiger partial charge in [-0.05, 0) is 24.1 Å². The van der Waals surface area contributed by atoms with Crippen LogP contribution in [-0.4, -0.2) is 40.0 Å². The number of benzene rings is 1. The second kappa shape index (κ2) is 7.13. The van der Waals surface area contributed by atoms with E-state index in [-0.39, 0.29) is 18.2 Å². The standard InChI is InChI=1S/C13H19NO4S/c1-18-12-5-3-4-11(10-12)6-7-13(15)14-8-9-19(2,16)17/h3-5,10H,6-9H2,1-2H3,(H,14,15). The van der Waals surface area contributed by atoms with Gasteiger partial charge in [0.25, 0.3) is 0 Å². The Kier molecular flexibility index (Phi) is 5.82. The largest absolute Gasteiger partial charge is 0.497 e. The average molecular weight is 285 g/mol. The quantitative estimate of drug-likeness (QED) is 0.804. The topological polar surface area (TPSA) is 72.5 Å². The van der Waals surface area contributed by atoms with E-state index < -0.39 is 9.84 Å². The summed E-state index contributed by atoms with van der Waals surface area (Å²) >= 11 is 0. The van der Waals surface area contributed by atoms with Gasteiger partial charge in [-0.3, -0.25) is 4.79 Å². The Morgan fingerprint density at radius 1 is 1.37 bits per heavy atom. The summed E-state index contributed by atoms with van der Waals surface area (Å²) in [6.45, 7) is 0.162. The van der Waals surface area contributed by atoms with Gasteiger partial charge in [0.1, 0.15) is 15.6 Å². The van der Waals surface area contributed by atoms with Crippen LogP contribution in [0.2, 0.25) is 0 Å². The monoisotopic (exact) mass is 285 g/mol. The zero-order valence-corrected chi connectivity index (χ0v) is 12.0. The highest BCUT2D eigenvalue weighted by atomic mass is 32.2. The zero-order chi connectivity index (χ0) is 14.3. The van der Waals surface area contributed by atoms with Gasteiger partial charge in [0.15, 0.2) is 0 Å². The van der Waals surface area contributed by atoms with Crippen molar-refractivity contribution in [1.29, 1.82) is 0 Å². The van der Waals surface area contributed by atoms with Gasteiger partial charge in [-0.15, -0.1) is 0 Å². The van der Waals surface area contributed by atoms with E-state index in [1.165, 1.54) is 0 Å². The number of carbonyl (C=O) groups is 1. The molecule has 0 atom stereocenters. The molecule has 0 saturated carbocycles. The first-order chi connectivity index (χ1) is 8.90. The van der Waals surface area contributed by atoms with Crippen LogP contribution in [0.5, 0.6) is 5.75 Å². The van der Waals surface area contributed by atoms with Crippen LogP contribution in [0.25, 0.3) is 0 Å². The summed E-state index contributed by atoms with van der Waals surface area (Å²) in [6.07, 6.45) is 2.08. The smallest absolute Gasteiger partial charge is 0.220 e. The predicted octanol–water partition coefficient (Wildman–Crippen LogP) is 0.789. The van der Waals surface area contributed by atoms with E-state index in [9.17, 15) is 13.2 Å². The number of nitrogens with one attached hydrogen (secondary N) is 1. The number of carbonyl (C=O) groups excluding carboxylic acids is 1. The molecule has 0 aromatic heterocycles. The first-order valence-corrected chi connectivity index (χ1v) is 8.04. The Hall–Kier alpha value is -1.56. The molecule has 0 radical (unpaired) electrons. The van der Waals surface area contributed by atoms with E-state index in [1.807, 2.05) is 24.3 Å². The van der Waals surface area contributed by atoms with Crippen molar-refractivity contribution >= 4 is 15.7 Å². The number of hydrogen-bond acceptors (Lipinski definition) is 4. The van der Waals surface area contributed by atoms with E-state index in [0.29, 0.717) is 12.8 Å². The molecule has 1 aromatic carbocycles. The Labute approximate surface area is 113 Å². The molecular formula is C13H19NO4S. The maximum atomic E-state index is 11.5. The molecule has 0 heterocycles. The fraction of sp³-hybridized carbons (Fsp3) is 0.462. The van der Waals surface area contributed by atoms with E-state index in [1.54, 1.807) is 7.11 Å². The minimum absolute atomic E-state index is 0.0299. The third-order valence-electron chi connectivity index (χ3n) is 2.57. The summed E-state index contributed by atoms with van der Waals surface area (Å²) in [5.41, 5.74) is 1.01. The summed E-state index contributed by atoms with van der Waals surface area (Å²) in [7, 11) is -1.43. The molecule has 1 aromatic rings. The van der Waals surface area contributed by atoms with Crippen LogP contribution in [0.1, 0.15) is 12.0 Å². The van der Waals surface area contributed by atoms with Gasteiger partial charge in [0.2, 0.25) is 5.91 Å². The molecule has 0 bridgehead atoms. The van der Waals surface area contributed by atoms with Gasteiger partial charge in [-0.2, -0.15) is 0 Å². The fourth-order valence-electron chi connectivity index (χ4n) is 1.55. The molecule has 0 unspecified atom stereocenters. The lowest BCUT2D eigenvalue weighted by molar-refractivity contribution is -0.120. The summed E-state index contributed by atoms with van der Waals surface area (Å²) in [5, 5.41) is 2.59. The first kappa shape index (κ1) is 15.5. The van der Waals surface area contributed by atoms with Crippen LogP contribution in [0.4, 0.5) is 0 Å². The highest BCUT2D eigenvalue weighted by molar-refractivity contribution is 7.90. The van der Waals surface area contributed by atoms with E-state index in [4.69, 9.17) is 4.74 Å². The minimum Gasteiger partial charge on any atom is -0.497 e. The molecule has 5 nitrogen and oxygen atoms in total. The summed E-state index contributed by atoms with van der Waals surface area (Å²) in [6, 6.07) is 7.52. The fourth-order valence-corrected chi connectivity index (χ4v) is 2.02. The number of amides is 1. The van der Waals surface area contributed by atoms with Crippen molar-refractivity contribution < 1.29 is 17.9 Å². The van der Waals surface area contributed by atoms with Crippen molar-refractivity contribution in [1.82, 2.24) is 5.32 Å². The van der Waals surface area contributed by atoms with Crippen LogP contribution in [-0.2, 0) is 21.1 Å². The number of ether oxygens (including phenoxy) is 1. The summed E-state index contributed by atoms with van der Waals surface area (Å²) in [5.74, 6) is 0.583. The summed E-state index contributed by atoms with van der Waals surface area (Å²) in [4.78, 5) is 11.5. The lowest BCUT2D eigenvalue weighted by Crippen LogP contribution is -2.28. The number of sulfone groups is 1. The number of aryl methyl sites for hydroxylation is 1. The van der Waals surface area contributed by atoms with Crippen molar-refractivity contribution in [2.24, 2.45) is 0 Å². The lowest BCUT2D eigenvalue weighted by Gasteiger charge is -2.06. The normalized spacial score (nSPS) is 11.1. The molecule has 0 fully saturated rings. The summed E-state index contributed by atoms with van der Waals surface area (Å²) < 4.78 is 26.9. The molecule has 106 valence electrons. The van der Waals surface area contributed by atoms with Crippen LogP contribution < -0.4 is 10.1 Å².